The molecule has 0 atom stereocenters. The van der Waals surface area contributed by atoms with Gasteiger partial charge < -0.3 is 5.32 Å². The molecule has 0 aliphatic carbocycles. The predicted molar refractivity (Wildman–Crippen MR) is 127 cm³/mol. The molecular formula is C21H14BrClF3N3O5S. The van der Waals surface area contributed by atoms with E-state index in [1.807, 2.05) is 0 Å². The van der Waals surface area contributed by atoms with Crippen LogP contribution in [0.5, 0.6) is 0 Å². The summed E-state index contributed by atoms with van der Waals surface area (Å²) in [5.41, 5.74) is -2.06. The Labute approximate surface area is 210 Å². The zero-order chi connectivity index (χ0) is 26.0. The van der Waals surface area contributed by atoms with Crippen molar-refractivity contribution >= 4 is 60.5 Å². The van der Waals surface area contributed by atoms with Gasteiger partial charge in [-0.15, -0.1) is 0 Å². The standard InChI is InChI=1S/C21H14BrClF3N3O5S/c22-16-6-1-2-7-18(16)27-20(30)12-28(14-5-3-4-13(10-14)21(24,25)26)35(33,34)15-8-9-17(23)19(11-15)29(31)32/h1-11H,12H2,(H,27,30). The normalized spacial score (nSPS) is 11.7. The average Bonchev–Trinajstić information content (AvgIpc) is 2.78. The Hall–Kier alpha value is -3.16. The number of benzene rings is 3. The van der Waals surface area contributed by atoms with Crippen LogP contribution in [0.4, 0.5) is 30.2 Å². The number of nitrogens with one attached hydrogen (secondary N) is 1. The van der Waals surface area contributed by atoms with E-state index < -0.39 is 55.4 Å². The number of halogens is 5. The molecule has 0 radical (unpaired) electrons. The van der Waals surface area contributed by atoms with E-state index in [1.54, 1.807) is 18.2 Å². The second kappa shape index (κ2) is 10.2. The fourth-order valence-corrected chi connectivity index (χ4v) is 4.96. The van der Waals surface area contributed by atoms with Gasteiger partial charge in [0.15, 0.2) is 0 Å². The molecule has 0 unspecified atom stereocenters. The topological polar surface area (TPSA) is 110 Å². The Morgan fingerprint density at radius 2 is 1.77 bits per heavy atom. The van der Waals surface area contributed by atoms with Crippen LogP contribution in [0.25, 0.3) is 0 Å². The van der Waals surface area contributed by atoms with E-state index in [-0.39, 0.29) is 5.02 Å². The molecule has 3 aromatic rings. The third kappa shape index (κ3) is 6.10. The maximum Gasteiger partial charge on any atom is 0.416 e. The van der Waals surface area contributed by atoms with Crippen LogP contribution in [0, 0.1) is 10.1 Å². The molecule has 8 nitrogen and oxygen atoms in total. The van der Waals surface area contributed by atoms with Crippen LogP contribution < -0.4 is 9.62 Å². The molecule has 0 heterocycles. The molecule has 0 saturated carbocycles. The number of alkyl halides is 3. The number of anilines is 2. The number of hydrogen-bond acceptors (Lipinski definition) is 5. The molecule has 1 N–H and O–H groups in total. The van der Waals surface area contributed by atoms with Crippen LogP contribution in [0.15, 0.2) is 76.1 Å². The number of carbonyl (C=O) groups is 1. The van der Waals surface area contributed by atoms with Gasteiger partial charge in [0.1, 0.15) is 11.6 Å². The SMILES string of the molecule is O=C(CN(c1cccc(C(F)(F)F)c1)S(=O)(=O)c1ccc(Cl)c([N+](=O)[O-])c1)Nc1ccccc1Br. The fourth-order valence-electron chi connectivity index (χ4n) is 2.96. The number of nitrogens with zero attached hydrogens (tertiary/aromatic N) is 2. The molecule has 35 heavy (non-hydrogen) atoms. The van der Waals surface area contributed by atoms with E-state index in [4.69, 9.17) is 11.6 Å². The molecule has 3 aromatic carbocycles. The largest absolute Gasteiger partial charge is 0.416 e. The van der Waals surface area contributed by atoms with Gasteiger partial charge in [-0.05, 0) is 58.4 Å². The smallest absolute Gasteiger partial charge is 0.323 e. The molecule has 0 fully saturated rings. The summed E-state index contributed by atoms with van der Waals surface area (Å²) in [7, 11) is -4.76. The zero-order valence-corrected chi connectivity index (χ0v) is 20.5. The summed E-state index contributed by atoms with van der Waals surface area (Å²) in [5.74, 6) is -0.874. The van der Waals surface area contributed by atoms with Gasteiger partial charge in [0.05, 0.1) is 26.8 Å². The number of carbonyl (C=O) groups excluding carboxylic acids is 1. The predicted octanol–water partition coefficient (Wildman–Crippen LogP) is 5.86. The Balaban J connectivity index is 2.09. The third-order valence-corrected chi connectivity index (χ3v) is 7.38. The summed E-state index contributed by atoms with van der Waals surface area (Å²) >= 11 is 8.98. The van der Waals surface area contributed by atoms with E-state index in [2.05, 4.69) is 21.2 Å². The highest BCUT2D eigenvalue weighted by Gasteiger charge is 2.34. The number of nitro benzene ring substituents is 1. The van der Waals surface area contributed by atoms with Gasteiger partial charge in [-0.2, -0.15) is 13.2 Å². The van der Waals surface area contributed by atoms with Crippen molar-refractivity contribution in [3.8, 4) is 0 Å². The fraction of sp³-hybridized carbons (Fsp3) is 0.0952. The summed E-state index contributed by atoms with van der Waals surface area (Å²) < 4.78 is 67.6. The number of nitro groups is 1. The van der Waals surface area contributed by atoms with Crippen molar-refractivity contribution in [1.82, 2.24) is 0 Å². The van der Waals surface area contributed by atoms with Crippen molar-refractivity contribution in [2.45, 2.75) is 11.1 Å². The van der Waals surface area contributed by atoms with E-state index in [0.717, 1.165) is 30.3 Å². The molecule has 0 aliphatic heterocycles. The molecule has 0 bridgehead atoms. The maximum absolute atomic E-state index is 13.4. The third-order valence-electron chi connectivity index (χ3n) is 4.60. The number of amides is 1. The highest BCUT2D eigenvalue weighted by atomic mass is 79.9. The number of hydrogen-bond donors (Lipinski definition) is 1. The first-order valence-corrected chi connectivity index (χ1v) is 12.1. The summed E-state index contributed by atoms with van der Waals surface area (Å²) in [4.78, 5) is 22.4. The van der Waals surface area contributed by atoms with Gasteiger partial charge in [0.25, 0.3) is 15.7 Å². The molecule has 0 saturated heterocycles. The monoisotopic (exact) mass is 591 g/mol. The van der Waals surface area contributed by atoms with Crippen LogP contribution >= 0.6 is 27.5 Å². The summed E-state index contributed by atoms with van der Waals surface area (Å²) in [5, 5.41) is 13.4. The molecular weight excluding hydrogens is 579 g/mol. The van der Waals surface area contributed by atoms with Crippen molar-refractivity contribution in [3.63, 3.8) is 0 Å². The highest BCUT2D eigenvalue weighted by Crippen LogP contribution is 2.34. The van der Waals surface area contributed by atoms with Gasteiger partial charge in [-0.25, -0.2) is 8.42 Å². The minimum absolute atomic E-state index is 0.293. The number of rotatable bonds is 7. The van der Waals surface area contributed by atoms with E-state index >= 15 is 0 Å². The van der Waals surface area contributed by atoms with Crippen LogP contribution in [-0.4, -0.2) is 25.8 Å². The minimum atomic E-state index is -4.79. The molecule has 0 aliphatic rings. The Morgan fingerprint density at radius 3 is 2.40 bits per heavy atom. The molecule has 14 heteroatoms. The molecule has 1 amide bonds. The van der Waals surface area contributed by atoms with Crippen molar-refractivity contribution in [1.29, 1.82) is 0 Å². The van der Waals surface area contributed by atoms with Gasteiger partial charge >= 0.3 is 6.18 Å². The molecule has 0 aromatic heterocycles. The minimum Gasteiger partial charge on any atom is -0.323 e. The Bertz CT molecular complexity index is 1400. The lowest BCUT2D eigenvalue weighted by molar-refractivity contribution is -0.384. The van der Waals surface area contributed by atoms with Crippen molar-refractivity contribution < 1.29 is 31.3 Å². The molecule has 184 valence electrons. The summed E-state index contributed by atoms with van der Waals surface area (Å²) in [6, 6.07) is 12.4. The lowest BCUT2D eigenvalue weighted by Crippen LogP contribution is -2.38. The first-order valence-electron chi connectivity index (χ1n) is 9.49. The molecule has 0 spiro atoms. The Morgan fingerprint density at radius 1 is 1.09 bits per heavy atom. The van der Waals surface area contributed by atoms with Crippen LogP contribution in [0.2, 0.25) is 5.02 Å². The summed E-state index contributed by atoms with van der Waals surface area (Å²) in [6.45, 7) is -0.929. The van der Waals surface area contributed by atoms with Crippen molar-refractivity contribution in [3.05, 3.63) is 91.9 Å². The lowest BCUT2D eigenvalue weighted by Gasteiger charge is -2.25. The highest BCUT2D eigenvalue weighted by molar-refractivity contribution is 9.10. The number of sulfonamides is 1. The van der Waals surface area contributed by atoms with Crippen molar-refractivity contribution in [2.75, 3.05) is 16.2 Å². The second-order valence-corrected chi connectivity index (χ2v) is 10.1. The number of para-hydroxylation sites is 1. The molecule has 3 rings (SSSR count). The lowest BCUT2D eigenvalue weighted by atomic mass is 10.2. The van der Waals surface area contributed by atoms with Gasteiger partial charge in [0, 0.05) is 10.5 Å². The zero-order valence-electron chi connectivity index (χ0n) is 17.3. The van der Waals surface area contributed by atoms with Crippen LogP contribution in [-0.2, 0) is 21.0 Å². The van der Waals surface area contributed by atoms with E-state index in [9.17, 15) is 36.5 Å². The van der Waals surface area contributed by atoms with Gasteiger partial charge in [0.2, 0.25) is 5.91 Å². The van der Waals surface area contributed by atoms with E-state index in [1.165, 1.54) is 6.07 Å². The summed E-state index contributed by atoms with van der Waals surface area (Å²) in [6.07, 6.45) is -4.79. The van der Waals surface area contributed by atoms with Gasteiger partial charge in [-0.3, -0.25) is 19.2 Å². The first kappa shape index (κ1) is 26.4. The van der Waals surface area contributed by atoms with Crippen LogP contribution in [0.3, 0.4) is 0 Å². The van der Waals surface area contributed by atoms with E-state index in [0.29, 0.717) is 26.6 Å². The van der Waals surface area contributed by atoms with Gasteiger partial charge in [-0.1, -0.05) is 29.8 Å². The maximum atomic E-state index is 13.4. The van der Waals surface area contributed by atoms with Crippen molar-refractivity contribution in [2.24, 2.45) is 0 Å². The first-order chi connectivity index (χ1) is 16.3. The van der Waals surface area contributed by atoms with Crippen LogP contribution in [0.1, 0.15) is 5.56 Å². The Kier molecular flexibility index (Phi) is 7.72. The second-order valence-electron chi connectivity index (χ2n) is 6.96. The quantitative estimate of drug-likeness (QED) is 0.273. The average molecular weight is 593 g/mol.